The van der Waals surface area contributed by atoms with Crippen LogP contribution in [0.4, 0.5) is 0 Å². The first-order chi connectivity index (χ1) is 11.6. The van der Waals surface area contributed by atoms with Crippen LogP contribution in [0.5, 0.6) is 17.2 Å². The predicted molar refractivity (Wildman–Crippen MR) is 99.9 cm³/mol. The van der Waals surface area contributed by atoms with Gasteiger partial charge in [0.1, 0.15) is 5.75 Å². The smallest absolute Gasteiger partial charge is 0.277 e. The SMILES string of the molecule is COc1cccc(C=NNC(=O)COc2ccc(I)cc2)c1OC. The number of nitrogens with zero attached hydrogens (tertiary/aromatic N) is 1. The zero-order valence-corrected chi connectivity index (χ0v) is 15.4. The number of halogens is 1. The van der Waals surface area contributed by atoms with Gasteiger partial charge >= 0.3 is 0 Å². The fourth-order valence-electron chi connectivity index (χ4n) is 1.90. The molecule has 0 bridgehead atoms. The first-order valence-corrected chi connectivity index (χ1v) is 8.13. The summed E-state index contributed by atoms with van der Waals surface area (Å²) in [5.41, 5.74) is 3.10. The third-order valence-electron chi connectivity index (χ3n) is 3.01. The summed E-state index contributed by atoms with van der Waals surface area (Å²) < 4.78 is 17.0. The molecule has 0 saturated heterocycles. The zero-order chi connectivity index (χ0) is 17.4. The normalized spacial score (nSPS) is 10.5. The van der Waals surface area contributed by atoms with Crippen LogP contribution < -0.4 is 19.6 Å². The van der Waals surface area contributed by atoms with Gasteiger partial charge in [0.05, 0.1) is 20.4 Å². The van der Waals surface area contributed by atoms with E-state index in [0.717, 1.165) is 3.57 Å². The van der Waals surface area contributed by atoms with Gasteiger partial charge in [-0.3, -0.25) is 4.79 Å². The second kappa shape index (κ2) is 9.11. The average Bonchev–Trinajstić information content (AvgIpc) is 2.61. The molecular weight excluding hydrogens is 423 g/mol. The van der Waals surface area contributed by atoms with Crippen LogP contribution in [0.2, 0.25) is 0 Å². The monoisotopic (exact) mass is 440 g/mol. The van der Waals surface area contributed by atoms with Crippen molar-refractivity contribution in [1.82, 2.24) is 5.43 Å². The van der Waals surface area contributed by atoms with Crippen molar-refractivity contribution < 1.29 is 19.0 Å². The van der Waals surface area contributed by atoms with E-state index in [1.165, 1.54) is 6.21 Å². The van der Waals surface area contributed by atoms with Crippen molar-refractivity contribution in [1.29, 1.82) is 0 Å². The maximum atomic E-state index is 11.7. The van der Waals surface area contributed by atoms with Gasteiger partial charge in [0.25, 0.3) is 5.91 Å². The summed E-state index contributed by atoms with van der Waals surface area (Å²) in [7, 11) is 3.10. The lowest BCUT2D eigenvalue weighted by Crippen LogP contribution is -2.24. The van der Waals surface area contributed by atoms with E-state index in [9.17, 15) is 4.79 Å². The number of hydrazone groups is 1. The molecule has 2 rings (SSSR count). The Morgan fingerprint density at radius 3 is 2.58 bits per heavy atom. The van der Waals surface area contributed by atoms with Crippen molar-refractivity contribution in [2.75, 3.05) is 20.8 Å². The lowest BCUT2D eigenvalue weighted by molar-refractivity contribution is -0.123. The van der Waals surface area contributed by atoms with E-state index in [0.29, 0.717) is 22.8 Å². The fraction of sp³-hybridized carbons (Fsp3) is 0.176. The number of carbonyl (C=O) groups excluding carboxylic acids is 1. The van der Waals surface area contributed by atoms with Crippen molar-refractivity contribution in [2.45, 2.75) is 0 Å². The highest BCUT2D eigenvalue weighted by molar-refractivity contribution is 14.1. The molecule has 7 heteroatoms. The Balaban J connectivity index is 1.89. The van der Waals surface area contributed by atoms with Gasteiger partial charge in [-0.1, -0.05) is 6.07 Å². The Kier molecular flexibility index (Phi) is 6.86. The van der Waals surface area contributed by atoms with Gasteiger partial charge in [0.2, 0.25) is 0 Å². The standard InChI is InChI=1S/C17H17IN2O4/c1-22-15-5-3-4-12(17(15)23-2)10-19-20-16(21)11-24-14-8-6-13(18)7-9-14/h3-10H,11H2,1-2H3,(H,20,21). The summed E-state index contributed by atoms with van der Waals surface area (Å²) in [5, 5.41) is 3.91. The van der Waals surface area contributed by atoms with Gasteiger partial charge < -0.3 is 14.2 Å². The molecule has 0 aromatic heterocycles. The Bertz CT molecular complexity index is 717. The number of methoxy groups -OCH3 is 2. The molecule has 0 aliphatic rings. The second-order valence-electron chi connectivity index (χ2n) is 4.62. The van der Waals surface area contributed by atoms with E-state index < -0.39 is 0 Å². The number of carbonyl (C=O) groups is 1. The maximum Gasteiger partial charge on any atom is 0.277 e. The van der Waals surface area contributed by atoms with E-state index >= 15 is 0 Å². The van der Waals surface area contributed by atoms with Gasteiger partial charge in [-0.05, 0) is 59.0 Å². The molecule has 0 aliphatic heterocycles. The largest absolute Gasteiger partial charge is 0.493 e. The zero-order valence-electron chi connectivity index (χ0n) is 13.3. The predicted octanol–water partition coefficient (Wildman–Crippen LogP) is 2.84. The first kappa shape index (κ1) is 18.1. The Labute approximate surface area is 153 Å². The molecule has 0 spiro atoms. The summed E-state index contributed by atoms with van der Waals surface area (Å²) in [6.45, 7) is -0.118. The molecule has 24 heavy (non-hydrogen) atoms. The highest BCUT2D eigenvalue weighted by Crippen LogP contribution is 2.29. The molecule has 6 nitrogen and oxygen atoms in total. The summed E-state index contributed by atoms with van der Waals surface area (Å²) in [6.07, 6.45) is 1.49. The Morgan fingerprint density at radius 2 is 1.92 bits per heavy atom. The van der Waals surface area contributed by atoms with Crippen LogP contribution in [-0.4, -0.2) is 32.9 Å². The van der Waals surface area contributed by atoms with Crippen molar-refractivity contribution in [2.24, 2.45) is 5.10 Å². The minimum Gasteiger partial charge on any atom is -0.493 e. The number of benzene rings is 2. The average molecular weight is 440 g/mol. The van der Waals surface area contributed by atoms with Crippen molar-refractivity contribution >= 4 is 34.7 Å². The van der Waals surface area contributed by atoms with Crippen molar-refractivity contribution in [3.63, 3.8) is 0 Å². The number of ether oxygens (including phenoxy) is 3. The van der Waals surface area contributed by atoms with Crippen molar-refractivity contribution in [3.8, 4) is 17.2 Å². The molecule has 0 fully saturated rings. The minimum absolute atomic E-state index is 0.118. The Morgan fingerprint density at radius 1 is 1.17 bits per heavy atom. The van der Waals surface area contributed by atoms with E-state index in [4.69, 9.17) is 14.2 Å². The van der Waals surface area contributed by atoms with E-state index in [2.05, 4.69) is 33.1 Å². The molecule has 1 amide bonds. The topological polar surface area (TPSA) is 69.2 Å². The molecule has 0 atom stereocenters. The lowest BCUT2D eigenvalue weighted by atomic mass is 10.2. The van der Waals surface area contributed by atoms with Gasteiger partial charge in [-0.15, -0.1) is 0 Å². The third-order valence-corrected chi connectivity index (χ3v) is 3.73. The van der Waals surface area contributed by atoms with Crippen LogP contribution >= 0.6 is 22.6 Å². The molecule has 2 aromatic rings. The highest BCUT2D eigenvalue weighted by Gasteiger charge is 2.07. The molecule has 0 unspecified atom stereocenters. The van der Waals surface area contributed by atoms with E-state index in [1.54, 1.807) is 38.5 Å². The summed E-state index contributed by atoms with van der Waals surface area (Å²) in [4.78, 5) is 11.7. The van der Waals surface area contributed by atoms with Crippen LogP contribution in [-0.2, 0) is 4.79 Å². The van der Waals surface area contributed by atoms with Crippen LogP contribution in [0.1, 0.15) is 5.56 Å². The molecule has 2 aromatic carbocycles. The molecule has 0 saturated carbocycles. The third kappa shape index (κ3) is 5.12. The van der Waals surface area contributed by atoms with Gasteiger partial charge in [-0.2, -0.15) is 5.10 Å². The molecule has 126 valence electrons. The number of hydrogen-bond donors (Lipinski definition) is 1. The molecule has 0 aliphatic carbocycles. The number of para-hydroxylation sites is 1. The highest BCUT2D eigenvalue weighted by atomic mass is 127. The van der Waals surface area contributed by atoms with Gasteiger partial charge in [0, 0.05) is 9.13 Å². The van der Waals surface area contributed by atoms with Crippen LogP contribution in [0.15, 0.2) is 47.6 Å². The molecule has 1 N–H and O–H groups in total. The number of nitrogens with one attached hydrogen (secondary N) is 1. The maximum absolute atomic E-state index is 11.7. The Hall–Kier alpha value is -2.29. The number of rotatable bonds is 7. The number of hydrogen-bond acceptors (Lipinski definition) is 5. The first-order valence-electron chi connectivity index (χ1n) is 7.05. The molecule has 0 heterocycles. The second-order valence-corrected chi connectivity index (χ2v) is 5.86. The van der Waals surface area contributed by atoms with Gasteiger partial charge in [0.15, 0.2) is 18.1 Å². The quantitative estimate of drug-likeness (QED) is 0.409. The molecule has 0 radical (unpaired) electrons. The summed E-state index contributed by atoms with van der Waals surface area (Å²) >= 11 is 2.20. The molecular formula is C17H17IN2O4. The van der Waals surface area contributed by atoms with Crippen molar-refractivity contribution in [3.05, 3.63) is 51.6 Å². The van der Waals surface area contributed by atoms with E-state index in [1.807, 2.05) is 18.2 Å². The van der Waals surface area contributed by atoms with Crippen LogP contribution in [0.25, 0.3) is 0 Å². The van der Waals surface area contributed by atoms with Crippen LogP contribution in [0.3, 0.4) is 0 Å². The minimum atomic E-state index is -0.355. The fourth-order valence-corrected chi connectivity index (χ4v) is 2.26. The lowest BCUT2D eigenvalue weighted by Gasteiger charge is -2.09. The number of amides is 1. The van der Waals surface area contributed by atoms with Gasteiger partial charge in [-0.25, -0.2) is 5.43 Å². The summed E-state index contributed by atoms with van der Waals surface area (Å²) in [6, 6.07) is 12.8. The van der Waals surface area contributed by atoms with E-state index in [-0.39, 0.29) is 12.5 Å². The van der Waals surface area contributed by atoms with Crippen LogP contribution in [0, 0.1) is 3.57 Å². The summed E-state index contributed by atoms with van der Waals surface area (Å²) in [5.74, 6) is 1.42.